The molecule has 6 heteroatoms. The number of unbranched alkanes of at least 4 members (excludes halogenated alkanes) is 50. The molecule has 0 aromatic carbocycles. The van der Waals surface area contributed by atoms with Crippen molar-refractivity contribution in [3.63, 3.8) is 0 Å². The van der Waals surface area contributed by atoms with E-state index in [0.29, 0.717) is 19.3 Å². The maximum Gasteiger partial charge on any atom is 0.306 e. The summed E-state index contributed by atoms with van der Waals surface area (Å²) >= 11 is 0. The third kappa shape index (κ3) is 70.0. The van der Waals surface area contributed by atoms with Crippen LogP contribution in [-0.2, 0) is 28.6 Å². The molecule has 0 aromatic rings. The normalized spacial score (nSPS) is 12.3. The molecule has 6 nitrogen and oxygen atoms in total. The minimum atomic E-state index is -0.779. The van der Waals surface area contributed by atoms with Gasteiger partial charge in [-0.3, -0.25) is 14.4 Å². The van der Waals surface area contributed by atoms with Gasteiger partial charge in [-0.1, -0.05) is 378 Å². The molecule has 0 saturated carbocycles. The second-order valence-electron chi connectivity index (χ2n) is 25.2. The van der Waals surface area contributed by atoms with Gasteiger partial charge in [-0.05, 0) is 57.8 Å². The van der Waals surface area contributed by atoms with Crippen LogP contribution in [0.1, 0.15) is 406 Å². The van der Waals surface area contributed by atoms with Gasteiger partial charge in [0.1, 0.15) is 13.2 Å². The molecule has 0 N–H and O–H groups in total. The molecular weight excluding hydrogens is 1020 g/mol. The average molecular weight is 1160 g/mol. The molecule has 0 heterocycles. The Hall–Kier alpha value is -2.63. The van der Waals surface area contributed by atoms with Crippen LogP contribution in [-0.4, -0.2) is 37.2 Å². The fraction of sp³-hybridized carbons (Fsp3) is 0.857. The summed E-state index contributed by atoms with van der Waals surface area (Å²) in [5.41, 5.74) is 0. The summed E-state index contributed by atoms with van der Waals surface area (Å²) in [6.07, 6.45) is 91.8. The van der Waals surface area contributed by atoms with Crippen LogP contribution in [0.3, 0.4) is 0 Å². The lowest BCUT2D eigenvalue weighted by molar-refractivity contribution is -0.167. The monoisotopic (exact) mass is 1160 g/mol. The molecule has 0 rings (SSSR count). The van der Waals surface area contributed by atoms with Gasteiger partial charge in [0.05, 0.1) is 0 Å². The zero-order chi connectivity index (χ0) is 59.9. The molecule has 0 amide bonds. The predicted octanol–water partition coefficient (Wildman–Crippen LogP) is 25.7. The standard InChI is InChI=1S/C77H142O6/c1-4-7-10-13-16-19-22-24-26-28-30-31-32-33-34-35-36-37-38-39-40-41-42-43-44-45-47-48-50-52-55-58-61-64-67-70-76(79)82-73-74(72-81-75(78)69-66-63-60-57-54-21-18-15-12-9-6-3)83-77(80)71-68-65-62-59-56-53-51-49-46-29-27-25-23-20-17-14-11-8-5-2/h8,11,17,20,25,27,46,49,74H,4-7,9-10,12-16,18-19,21-24,26,28-45,47-48,50-73H2,1-3H3/b11-8-,20-17-,27-25-,49-46-. The van der Waals surface area contributed by atoms with E-state index in [4.69, 9.17) is 14.2 Å². The van der Waals surface area contributed by atoms with Gasteiger partial charge in [0.15, 0.2) is 6.10 Å². The largest absolute Gasteiger partial charge is 0.462 e. The van der Waals surface area contributed by atoms with Gasteiger partial charge >= 0.3 is 17.9 Å². The van der Waals surface area contributed by atoms with Crippen molar-refractivity contribution in [2.24, 2.45) is 0 Å². The summed E-state index contributed by atoms with van der Waals surface area (Å²) in [5.74, 6) is -0.864. The second kappa shape index (κ2) is 71.8. The predicted molar refractivity (Wildman–Crippen MR) is 362 cm³/mol. The van der Waals surface area contributed by atoms with Crippen molar-refractivity contribution in [2.75, 3.05) is 13.2 Å². The first-order valence-electron chi connectivity index (χ1n) is 37.1. The number of carbonyl (C=O) groups is 3. The van der Waals surface area contributed by atoms with Crippen LogP contribution in [0, 0.1) is 0 Å². The summed E-state index contributed by atoms with van der Waals surface area (Å²) in [5, 5.41) is 0. The number of carbonyl (C=O) groups excluding carboxylic acids is 3. The molecule has 0 spiro atoms. The van der Waals surface area contributed by atoms with Gasteiger partial charge in [-0.25, -0.2) is 0 Å². The lowest BCUT2D eigenvalue weighted by Crippen LogP contribution is -2.30. The highest BCUT2D eigenvalue weighted by molar-refractivity contribution is 5.71. The molecule has 83 heavy (non-hydrogen) atoms. The van der Waals surface area contributed by atoms with Crippen molar-refractivity contribution in [1.29, 1.82) is 0 Å². The Morgan fingerprint density at radius 3 is 0.735 bits per heavy atom. The number of allylic oxidation sites excluding steroid dienone is 8. The fourth-order valence-corrected chi connectivity index (χ4v) is 11.3. The number of ether oxygens (including phenoxy) is 3. The van der Waals surface area contributed by atoms with Crippen LogP contribution in [0.4, 0.5) is 0 Å². The topological polar surface area (TPSA) is 78.9 Å². The van der Waals surface area contributed by atoms with Crippen molar-refractivity contribution in [3.05, 3.63) is 48.6 Å². The van der Waals surface area contributed by atoms with Crippen LogP contribution in [0.2, 0.25) is 0 Å². The summed E-state index contributed by atoms with van der Waals surface area (Å²) in [6.45, 7) is 6.58. The van der Waals surface area contributed by atoms with E-state index in [9.17, 15) is 14.4 Å². The van der Waals surface area contributed by atoms with Crippen LogP contribution in [0.25, 0.3) is 0 Å². The van der Waals surface area contributed by atoms with Crippen molar-refractivity contribution in [1.82, 2.24) is 0 Å². The first-order valence-corrected chi connectivity index (χ1v) is 37.1. The molecule has 0 aliphatic carbocycles. The fourth-order valence-electron chi connectivity index (χ4n) is 11.3. The van der Waals surface area contributed by atoms with Crippen molar-refractivity contribution < 1.29 is 28.6 Å². The Bertz CT molecular complexity index is 1430. The number of hydrogen-bond acceptors (Lipinski definition) is 6. The Morgan fingerprint density at radius 2 is 0.470 bits per heavy atom. The van der Waals surface area contributed by atoms with E-state index in [1.54, 1.807) is 0 Å². The summed E-state index contributed by atoms with van der Waals surface area (Å²) in [7, 11) is 0. The zero-order valence-electron chi connectivity index (χ0n) is 56.0. The minimum Gasteiger partial charge on any atom is -0.462 e. The van der Waals surface area contributed by atoms with E-state index in [1.165, 1.54) is 270 Å². The Morgan fingerprint density at radius 1 is 0.253 bits per heavy atom. The molecule has 0 bridgehead atoms. The Balaban J connectivity index is 4.05. The molecule has 0 aromatic heterocycles. The molecule has 1 atom stereocenters. The maximum atomic E-state index is 12.9. The molecule has 0 aliphatic heterocycles. The molecule has 0 saturated heterocycles. The summed E-state index contributed by atoms with van der Waals surface area (Å²) in [4.78, 5) is 38.4. The lowest BCUT2D eigenvalue weighted by Gasteiger charge is -2.18. The third-order valence-corrected chi connectivity index (χ3v) is 16.8. The van der Waals surface area contributed by atoms with E-state index in [2.05, 4.69) is 69.4 Å². The summed E-state index contributed by atoms with van der Waals surface area (Å²) < 4.78 is 17.0. The van der Waals surface area contributed by atoms with E-state index in [1.807, 2.05) is 0 Å². The summed E-state index contributed by atoms with van der Waals surface area (Å²) in [6, 6.07) is 0. The smallest absolute Gasteiger partial charge is 0.306 e. The molecule has 1 unspecified atom stereocenters. The number of hydrogen-bond donors (Lipinski definition) is 0. The highest BCUT2D eigenvalue weighted by atomic mass is 16.6. The molecule has 0 fully saturated rings. The molecule has 486 valence electrons. The Labute approximate surface area is 518 Å². The van der Waals surface area contributed by atoms with Gasteiger partial charge in [-0.15, -0.1) is 0 Å². The zero-order valence-corrected chi connectivity index (χ0v) is 56.0. The van der Waals surface area contributed by atoms with Crippen LogP contribution < -0.4 is 0 Å². The first-order chi connectivity index (χ1) is 41.0. The Kier molecular flexibility index (Phi) is 69.6. The lowest BCUT2D eigenvalue weighted by atomic mass is 10.0. The van der Waals surface area contributed by atoms with Crippen LogP contribution in [0.5, 0.6) is 0 Å². The molecular formula is C77H142O6. The maximum absolute atomic E-state index is 12.9. The van der Waals surface area contributed by atoms with Crippen molar-refractivity contribution in [2.45, 2.75) is 412 Å². The molecule has 0 radical (unpaired) electrons. The second-order valence-corrected chi connectivity index (χ2v) is 25.2. The highest BCUT2D eigenvalue weighted by Gasteiger charge is 2.20. The average Bonchev–Trinajstić information content (AvgIpc) is 3.48. The minimum absolute atomic E-state index is 0.0741. The highest BCUT2D eigenvalue weighted by Crippen LogP contribution is 2.19. The van der Waals surface area contributed by atoms with E-state index < -0.39 is 6.10 Å². The number of rotatable bonds is 69. The SMILES string of the molecule is CC/C=C\C/C=C\C/C=C\C/C=C\CCCCCCCCC(=O)OC(COC(=O)CCCCCCCCCCCCC)COC(=O)CCCCCCCCCCCCCCCCCCCCCCCCCCCCCCCCCCCCC. The van der Waals surface area contributed by atoms with E-state index >= 15 is 0 Å². The number of esters is 3. The van der Waals surface area contributed by atoms with Gasteiger partial charge in [0.2, 0.25) is 0 Å². The van der Waals surface area contributed by atoms with Crippen LogP contribution >= 0.6 is 0 Å². The van der Waals surface area contributed by atoms with Crippen LogP contribution in [0.15, 0.2) is 48.6 Å². The quantitative estimate of drug-likeness (QED) is 0.0261. The van der Waals surface area contributed by atoms with Gasteiger partial charge < -0.3 is 14.2 Å². The van der Waals surface area contributed by atoms with Gasteiger partial charge in [-0.2, -0.15) is 0 Å². The van der Waals surface area contributed by atoms with E-state index in [0.717, 1.165) is 96.3 Å². The van der Waals surface area contributed by atoms with Crippen molar-refractivity contribution in [3.8, 4) is 0 Å². The van der Waals surface area contributed by atoms with Gasteiger partial charge in [0, 0.05) is 19.3 Å². The van der Waals surface area contributed by atoms with E-state index in [-0.39, 0.29) is 31.1 Å². The van der Waals surface area contributed by atoms with Crippen molar-refractivity contribution >= 4 is 17.9 Å². The third-order valence-electron chi connectivity index (χ3n) is 16.8. The molecule has 0 aliphatic rings. The first kappa shape index (κ1) is 80.4. The van der Waals surface area contributed by atoms with Gasteiger partial charge in [0.25, 0.3) is 0 Å².